The molecule has 3 N–H and O–H groups in total. The predicted molar refractivity (Wildman–Crippen MR) is 57.9 cm³/mol. The lowest BCUT2D eigenvalue weighted by molar-refractivity contribution is -0.136. The maximum Gasteiger partial charge on any atom is 0.307 e. The summed E-state index contributed by atoms with van der Waals surface area (Å²) >= 11 is 0. The molecule has 0 saturated carbocycles. The molecule has 0 atom stereocenters. The van der Waals surface area contributed by atoms with Crippen molar-refractivity contribution in [3.8, 4) is 11.5 Å². The van der Waals surface area contributed by atoms with Gasteiger partial charge >= 0.3 is 5.97 Å². The van der Waals surface area contributed by atoms with Crippen molar-refractivity contribution in [1.82, 2.24) is 4.98 Å². The van der Waals surface area contributed by atoms with Crippen molar-refractivity contribution in [1.29, 1.82) is 0 Å². The van der Waals surface area contributed by atoms with E-state index in [-0.39, 0.29) is 12.2 Å². The van der Waals surface area contributed by atoms with Crippen molar-refractivity contribution in [3.05, 3.63) is 23.9 Å². The van der Waals surface area contributed by atoms with Crippen molar-refractivity contribution in [2.45, 2.75) is 6.42 Å². The lowest BCUT2D eigenvalue weighted by Crippen LogP contribution is -1.98. The minimum absolute atomic E-state index is 0.00115. The third-order valence-electron chi connectivity index (χ3n) is 2.41. The van der Waals surface area contributed by atoms with Crippen LogP contribution in [0.5, 0.6) is 11.5 Å². The van der Waals surface area contributed by atoms with Gasteiger partial charge in [0.05, 0.1) is 13.5 Å². The summed E-state index contributed by atoms with van der Waals surface area (Å²) in [7, 11) is 1.46. The van der Waals surface area contributed by atoms with Crippen LogP contribution in [0.15, 0.2) is 18.3 Å². The Bertz CT molecular complexity index is 544. The molecule has 2 rings (SSSR count). The first-order valence-electron chi connectivity index (χ1n) is 4.70. The van der Waals surface area contributed by atoms with E-state index in [1.54, 1.807) is 12.3 Å². The molecule has 0 aliphatic rings. The van der Waals surface area contributed by atoms with Crippen molar-refractivity contribution >= 4 is 16.9 Å². The van der Waals surface area contributed by atoms with Gasteiger partial charge in [0.15, 0.2) is 11.5 Å². The average molecular weight is 221 g/mol. The van der Waals surface area contributed by atoms with E-state index in [4.69, 9.17) is 9.84 Å². The summed E-state index contributed by atoms with van der Waals surface area (Å²) in [5.41, 5.74) is 1.38. The molecule has 1 aromatic heterocycles. The number of fused-ring (bicyclic) bond motifs is 1. The van der Waals surface area contributed by atoms with Gasteiger partial charge in [-0.15, -0.1) is 0 Å². The molecule has 0 fully saturated rings. The first kappa shape index (κ1) is 10.4. The minimum Gasteiger partial charge on any atom is -0.504 e. The van der Waals surface area contributed by atoms with Crippen molar-refractivity contribution in [2.24, 2.45) is 0 Å². The molecule has 2 aromatic rings. The SMILES string of the molecule is COc1cc2[nH]cc(CC(=O)O)c2cc1O. The summed E-state index contributed by atoms with van der Waals surface area (Å²) in [5.74, 6) is -0.548. The fourth-order valence-corrected chi connectivity index (χ4v) is 1.67. The molecule has 0 saturated heterocycles. The van der Waals surface area contributed by atoms with Gasteiger partial charge in [-0.05, 0) is 11.6 Å². The van der Waals surface area contributed by atoms with Gasteiger partial charge in [0.2, 0.25) is 0 Å². The Labute approximate surface area is 91.3 Å². The number of aliphatic carboxylic acids is 1. The van der Waals surface area contributed by atoms with Gasteiger partial charge in [-0.3, -0.25) is 4.79 Å². The van der Waals surface area contributed by atoms with E-state index in [0.717, 1.165) is 5.52 Å². The third kappa shape index (κ3) is 1.67. The number of phenolic OH excluding ortho intramolecular Hbond substituents is 1. The molecule has 5 heteroatoms. The van der Waals surface area contributed by atoms with E-state index >= 15 is 0 Å². The van der Waals surface area contributed by atoms with Crippen LogP contribution in [0.3, 0.4) is 0 Å². The molecule has 84 valence electrons. The van der Waals surface area contributed by atoms with Crippen molar-refractivity contribution < 1.29 is 19.7 Å². The monoisotopic (exact) mass is 221 g/mol. The number of ether oxygens (including phenoxy) is 1. The van der Waals surface area contributed by atoms with Crippen LogP contribution in [-0.4, -0.2) is 28.3 Å². The number of phenols is 1. The molecule has 0 aliphatic heterocycles. The lowest BCUT2D eigenvalue weighted by atomic mass is 10.1. The third-order valence-corrected chi connectivity index (χ3v) is 2.41. The molecule has 1 aromatic carbocycles. The number of carboxylic acid groups (broad SMARTS) is 1. The summed E-state index contributed by atoms with van der Waals surface area (Å²) in [5, 5.41) is 19.0. The molecule has 0 bridgehead atoms. The molecular weight excluding hydrogens is 210 g/mol. The van der Waals surface area contributed by atoms with E-state index in [0.29, 0.717) is 16.7 Å². The van der Waals surface area contributed by atoms with Gasteiger partial charge in [-0.1, -0.05) is 0 Å². The van der Waals surface area contributed by atoms with Crippen LogP contribution < -0.4 is 4.74 Å². The smallest absolute Gasteiger partial charge is 0.307 e. The highest BCUT2D eigenvalue weighted by Crippen LogP contribution is 2.32. The Kier molecular flexibility index (Phi) is 2.44. The minimum atomic E-state index is -0.906. The summed E-state index contributed by atoms with van der Waals surface area (Å²) in [4.78, 5) is 13.6. The largest absolute Gasteiger partial charge is 0.504 e. The van der Waals surface area contributed by atoms with Crippen LogP contribution in [0.2, 0.25) is 0 Å². The van der Waals surface area contributed by atoms with E-state index in [1.165, 1.54) is 13.2 Å². The first-order valence-corrected chi connectivity index (χ1v) is 4.70. The van der Waals surface area contributed by atoms with Crippen LogP contribution in [0, 0.1) is 0 Å². The number of carbonyl (C=O) groups is 1. The number of benzene rings is 1. The lowest BCUT2D eigenvalue weighted by Gasteiger charge is -2.03. The Hall–Kier alpha value is -2.17. The quantitative estimate of drug-likeness (QED) is 0.733. The Morgan fingerprint density at radius 1 is 1.50 bits per heavy atom. The molecule has 0 spiro atoms. The number of aromatic amines is 1. The molecular formula is C11H11NO4. The zero-order chi connectivity index (χ0) is 11.7. The summed E-state index contributed by atoms with van der Waals surface area (Å²) in [6, 6.07) is 3.14. The number of hydrogen-bond acceptors (Lipinski definition) is 3. The van der Waals surface area contributed by atoms with Crippen LogP contribution >= 0.6 is 0 Å². The molecule has 0 aliphatic carbocycles. The average Bonchev–Trinajstić information content (AvgIpc) is 2.59. The molecule has 0 amide bonds. The number of aromatic hydroxyl groups is 1. The van der Waals surface area contributed by atoms with Gasteiger partial charge in [0.25, 0.3) is 0 Å². The number of rotatable bonds is 3. The number of H-pyrrole nitrogens is 1. The fourth-order valence-electron chi connectivity index (χ4n) is 1.67. The molecule has 0 radical (unpaired) electrons. The van der Waals surface area contributed by atoms with Gasteiger partial charge in [0, 0.05) is 23.2 Å². The van der Waals surface area contributed by atoms with Crippen LogP contribution in [0.4, 0.5) is 0 Å². The van der Waals surface area contributed by atoms with Crippen LogP contribution in [-0.2, 0) is 11.2 Å². The highest BCUT2D eigenvalue weighted by atomic mass is 16.5. The van der Waals surface area contributed by atoms with E-state index in [1.807, 2.05) is 0 Å². The maximum absolute atomic E-state index is 10.6. The number of nitrogens with one attached hydrogen (secondary N) is 1. The summed E-state index contributed by atoms with van der Waals surface area (Å²) in [6.45, 7) is 0. The molecule has 0 unspecified atom stereocenters. The second-order valence-corrected chi connectivity index (χ2v) is 3.45. The fraction of sp³-hybridized carbons (Fsp3) is 0.182. The van der Waals surface area contributed by atoms with E-state index in [2.05, 4.69) is 4.98 Å². The number of carboxylic acids is 1. The second kappa shape index (κ2) is 3.77. The van der Waals surface area contributed by atoms with Gasteiger partial charge < -0.3 is 19.9 Å². The van der Waals surface area contributed by atoms with E-state index in [9.17, 15) is 9.90 Å². The standard InChI is InChI=1S/C11H11NO4/c1-16-10-4-8-7(3-9(10)13)6(5-12-8)2-11(14)15/h3-5,12-13H,2H2,1H3,(H,14,15). The number of methoxy groups -OCH3 is 1. The van der Waals surface area contributed by atoms with Crippen LogP contribution in [0.1, 0.15) is 5.56 Å². The summed E-state index contributed by atoms with van der Waals surface area (Å²) < 4.78 is 4.96. The van der Waals surface area contributed by atoms with E-state index < -0.39 is 5.97 Å². The van der Waals surface area contributed by atoms with Gasteiger partial charge in [-0.25, -0.2) is 0 Å². The van der Waals surface area contributed by atoms with Crippen LogP contribution in [0.25, 0.3) is 10.9 Å². The van der Waals surface area contributed by atoms with Gasteiger partial charge in [0.1, 0.15) is 0 Å². The topological polar surface area (TPSA) is 82.6 Å². The Balaban J connectivity index is 2.55. The van der Waals surface area contributed by atoms with Gasteiger partial charge in [-0.2, -0.15) is 0 Å². The number of aromatic nitrogens is 1. The molecule has 1 heterocycles. The van der Waals surface area contributed by atoms with Crippen molar-refractivity contribution in [2.75, 3.05) is 7.11 Å². The zero-order valence-corrected chi connectivity index (χ0v) is 8.65. The Morgan fingerprint density at radius 3 is 2.88 bits per heavy atom. The zero-order valence-electron chi connectivity index (χ0n) is 8.65. The highest BCUT2D eigenvalue weighted by molar-refractivity contribution is 5.89. The highest BCUT2D eigenvalue weighted by Gasteiger charge is 2.11. The first-order chi connectivity index (χ1) is 7.61. The summed E-state index contributed by atoms with van der Waals surface area (Å²) in [6.07, 6.45) is 1.55. The number of hydrogen-bond donors (Lipinski definition) is 3. The Morgan fingerprint density at radius 2 is 2.25 bits per heavy atom. The van der Waals surface area contributed by atoms with Crippen molar-refractivity contribution in [3.63, 3.8) is 0 Å². The molecule has 16 heavy (non-hydrogen) atoms. The molecule has 5 nitrogen and oxygen atoms in total. The predicted octanol–water partition coefficient (Wildman–Crippen LogP) is 1.51. The second-order valence-electron chi connectivity index (χ2n) is 3.45. The maximum atomic E-state index is 10.6. The normalized spacial score (nSPS) is 10.6.